The Morgan fingerprint density at radius 2 is 1.18 bits per heavy atom. The number of rotatable bonds is 7. The van der Waals surface area contributed by atoms with E-state index in [-0.39, 0.29) is 35.7 Å². The van der Waals surface area contributed by atoms with Crippen LogP contribution in [0.4, 0.5) is 22.7 Å². The zero-order valence-electron chi connectivity index (χ0n) is 26.7. The molecule has 0 radical (unpaired) electrons. The van der Waals surface area contributed by atoms with E-state index in [1.165, 1.54) is 31.0 Å². The first kappa shape index (κ1) is 40.1. The van der Waals surface area contributed by atoms with Crippen molar-refractivity contribution in [3.63, 3.8) is 0 Å². The number of hydrogen-bond acceptors (Lipinski definition) is 6. The topological polar surface area (TPSA) is 55.2 Å². The molecule has 0 amide bonds. The number of nitrogens with one attached hydrogen (secondary N) is 1. The standard InChI is InChI=1S/C17H19ClN2S.C12H8ClNS.C5H12ClN.H2N.Na/c1-19(2)10-5-11-20-14-6-3-4-7-16(14)21-17-9-8-13(18)12-15(17)20;13-8-5-6-12-10(7-8)14-9-3-1-2-4-11(9)15-12;1-7(2)5-3-4-6;;/h3-4,6-9,12H,5,10-11H2,1-2H3;1-7,14H;3-5H2,1-2H3;1H2;/q;;;-1;+1. The molecule has 2 heterocycles. The summed E-state index contributed by atoms with van der Waals surface area (Å²) in [5, 5.41) is 4.94. The van der Waals surface area contributed by atoms with Crippen molar-refractivity contribution in [2.75, 3.05) is 63.9 Å². The van der Waals surface area contributed by atoms with Gasteiger partial charge in [0.25, 0.3) is 0 Å². The Morgan fingerprint density at radius 1 is 0.644 bits per heavy atom. The molecule has 0 spiro atoms. The molecule has 3 N–H and O–H groups in total. The van der Waals surface area contributed by atoms with Gasteiger partial charge in [-0.15, -0.1) is 11.6 Å². The van der Waals surface area contributed by atoms with E-state index in [2.05, 4.69) is 88.7 Å². The molecule has 0 atom stereocenters. The molecule has 45 heavy (non-hydrogen) atoms. The van der Waals surface area contributed by atoms with Crippen LogP contribution >= 0.6 is 58.3 Å². The summed E-state index contributed by atoms with van der Waals surface area (Å²) in [4.78, 5) is 11.8. The van der Waals surface area contributed by atoms with Gasteiger partial charge in [0.05, 0.1) is 22.7 Å². The third kappa shape index (κ3) is 12.2. The van der Waals surface area contributed by atoms with Crippen LogP contribution in [0.15, 0.2) is 105 Å². The predicted molar refractivity (Wildman–Crippen MR) is 197 cm³/mol. The monoisotopic (exact) mass is 711 g/mol. The molecule has 0 unspecified atom stereocenters. The fraction of sp³-hybridized carbons (Fsp3) is 0.294. The summed E-state index contributed by atoms with van der Waals surface area (Å²) in [5.41, 5.74) is 4.75. The number of nitrogens with two attached hydrogens (primary N) is 1. The average Bonchev–Trinajstić information content (AvgIpc) is 2.99. The fourth-order valence-electron chi connectivity index (χ4n) is 4.58. The third-order valence-corrected chi connectivity index (χ3v) is 9.65. The summed E-state index contributed by atoms with van der Waals surface area (Å²) < 4.78 is 0. The van der Waals surface area contributed by atoms with Gasteiger partial charge < -0.3 is 26.2 Å². The van der Waals surface area contributed by atoms with Crippen LogP contribution in [-0.2, 0) is 0 Å². The minimum atomic E-state index is 0. The summed E-state index contributed by atoms with van der Waals surface area (Å²) in [6, 6.07) is 29.0. The molecule has 2 aliphatic rings. The van der Waals surface area contributed by atoms with Crippen molar-refractivity contribution in [1.29, 1.82) is 0 Å². The molecular weight excluding hydrogens is 672 g/mol. The average molecular weight is 713 g/mol. The van der Waals surface area contributed by atoms with Crippen LogP contribution in [0.1, 0.15) is 12.8 Å². The predicted octanol–water partition coefficient (Wildman–Crippen LogP) is 8.34. The minimum Gasteiger partial charge on any atom is -0.693 e. The molecule has 0 bridgehead atoms. The maximum atomic E-state index is 6.21. The Bertz CT molecular complexity index is 1490. The van der Waals surface area contributed by atoms with Crippen molar-refractivity contribution in [1.82, 2.24) is 9.80 Å². The number of alkyl halides is 1. The maximum Gasteiger partial charge on any atom is 1.00 e. The van der Waals surface area contributed by atoms with Gasteiger partial charge in [0.15, 0.2) is 0 Å². The van der Waals surface area contributed by atoms with Crippen LogP contribution in [0.25, 0.3) is 6.15 Å². The molecule has 5 nitrogen and oxygen atoms in total. The van der Waals surface area contributed by atoms with Crippen LogP contribution in [0.3, 0.4) is 0 Å². The number of halogens is 3. The van der Waals surface area contributed by atoms with Crippen molar-refractivity contribution in [2.45, 2.75) is 32.4 Å². The number of benzene rings is 4. The van der Waals surface area contributed by atoms with E-state index >= 15 is 0 Å². The number of anilines is 4. The number of para-hydroxylation sites is 2. The third-order valence-electron chi connectivity index (χ3n) is 6.63. The van der Waals surface area contributed by atoms with E-state index in [9.17, 15) is 0 Å². The second-order valence-corrected chi connectivity index (χ2v) is 14.1. The molecule has 11 heteroatoms. The van der Waals surface area contributed by atoms with Crippen molar-refractivity contribution in [3.05, 3.63) is 101 Å². The Kier molecular flexibility index (Phi) is 18.1. The van der Waals surface area contributed by atoms with Gasteiger partial charge in [-0.3, -0.25) is 0 Å². The Hall–Kier alpha value is -1.07. The van der Waals surface area contributed by atoms with E-state index < -0.39 is 0 Å². The molecule has 236 valence electrons. The summed E-state index contributed by atoms with van der Waals surface area (Å²) in [5.74, 6) is 0.776. The van der Waals surface area contributed by atoms with Crippen LogP contribution in [0.2, 0.25) is 10.0 Å². The zero-order valence-corrected chi connectivity index (χ0v) is 32.6. The number of nitrogens with zero attached hydrogens (tertiary/aromatic N) is 3. The van der Waals surface area contributed by atoms with Gasteiger partial charge in [0.1, 0.15) is 0 Å². The van der Waals surface area contributed by atoms with Gasteiger partial charge >= 0.3 is 29.6 Å². The minimum absolute atomic E-state index is 0. The van der Waals surface area contributed by atoms with Crippen molar-refractivity contribution in [3.8, 4) is 0 Å². The summed E-state index contributed by atoms with van der Waals surface area (Å²) in [7, 11) is 8.33. The van der Waals surface area contributed by atoms with E-state index in [0.717, 1.165) is 59.8 Å². The summed E-state index contributed by atoms with van der Waals surface area (Å²) in [6.07, 6.45) is 2.21. The van der Waals surface area contributed by atoms with E-state index in [4.69, 9.17) is 34.8 Å². The van der Waals surface area contributed by atoms with Crippen LogP contribution in [-0.4, -0.2) is 63.5 Å². The van der Waals surface area contributed by atoms with Crippen molar-refractivity contribution in [2.24, 2.45) is 0 Å². The molecule has 0 fully saturated rings. The van der Waals surface area contributed by atoms with Crippen molar-refractivity contribution >= 4 is 81.1 Å². The van der Waals surface area contributed by atoms with Crippen LogP contribution in [0.5, 0.6) is 0 Å². The largest absolute Gasteiger partial charge is 1.00 e. The first-order valence-corrected chi connectivity index (χ1v) is 17.2. The molecular formula is C34H41Cl3N5NaS2. The Balaban J connectivity index is 0.000000258. The quantitative estimate of drug-likeness (QED) is 0.135. The van der Waals surface area contributed by atoms with Gasteiger partial charge in [-0.05, 0) is 115 Å². The van der Waals surface area contributed by atoms with Gasteiger partial charge in [-0.1, -0.05) is 71.0 Å². The van der Waals surface area contributed by atoms with Crippen molar-refractivity contribution < 1.29 is 29.6 Å². The summed E-state index contributed by atoms with van der Waals surface area (Å²) >= 11 is 21.2. The summed E-state index contributed by atoms with van der Waals surface area (Å²) in [6.45, 7) is 3.19. The molecule has 4 aromatic carbocycles. The molecule has 4 aromatic rings. The molecule has 0 saturated heterocycles. The van der Waals surface area contributed by atoms with Gasteiger partial charge in [-0.2, -0.15) is 0 Å². The molecule has 6 rings (SSSR count). The fourth-order valence-corrected chi connectivity index (χ4v) is 7.08. The first-order valence-electron chi connectivity index (χ1n) is 14.3. The Labute approximate surface area is 315 Å². The molecule has 2 aliphatic heterocycles. The van der Waals surface area contributed by atoms with E-state index in [1.807, 2.05) is 56.2 Å². The first-order chi connectivity index (χ1) is 20.7. The second-order valence-electron chi connectivity index (χ2n) is 10.7. The normalized spacial score (nSPS) is 12.0. The second kappa shape index (κ2) is 20.3. The van der Waals surface area contributed by atoms with Gasteiger partial charge in [0, 0.05) is 42.1 Å². The molecule has 0 aromatic heterocycles. The maximum absolute atomic E-state index is 6.21. The Morgan fingerprint density at radius 3 is 1.84 bits per heavy atom. The number of hydrogen-bond donors (Lipinski definition) is 1. The number of fused-ring (bicyclic) bond motifs is 4. The smallest absolute Gasteiger partial charge is 0.693 e. The van der Waals surface area contributed by atoms with Crippen LogP contribution < -0.4 is 39.8 Å². The van der Waals surface area contributed by atoms with E-state index in [0.29, 0.717) is 0 Å². The van der Waals surface area contributed by atoms with Gasteiger partial charge in [-0.25, -0.2) is 0 Å². The molecule has 0 aliphatic carbocycles. The molecule has 0 saturated carbocycles. The zero-order chi connectivity index (χ0) is 30.8. The van der Waals surface area contributed by atoms with Crippen LogP contribution in [0, 0.1) is 0 Å². The van der Waals surface area contributed by atoms with Gasteiger partial charge in [0.2, 0.25) is 0 Å². The van der Waals surface area contributed by atoms with E-state index in [1.54, 1.807) is 11.8 Å². The SMILES string of the molecule is CN(C)CCCCl.CN(C)CCCN1c2ccccc2Sc2ccc(Cl)cc21.Clc1ccc2c(c1)Nc1ccccc1S2.[NH2-].[Na+].